The summed E-state index contributed by atoms with van der Waals surface area (Å²) in [6.45, 7) is 9.16. The molecule has 5 atom stereocenters. The molecule has 27 heavy (non-hydrogen) atoms. The number of allylic oxidation sites excluding steroid dienone is 1. The Labute approximate surface area is 160 Å². The van der Waals surface area contributed by atoms with Gasteiger partial charge in [-0.2, -0.15) is 0 Å². The van der Waals surface area contributed by atoms with Gasteiger partial charge < -0.3 is 19.3 Å². The fourth-order valence-corrected chi connectivity index (χ4v) is 5.12. The van der Waals surface area contributed by atoms with Crippen LogP contribution in [-0.2, 0) is 23.8 Å². The van der Waals surface area contributed by atoms with Crippen LogP contribution < -0.4 is 0 Å². The fourth-order valence-electron chi connectivity index (χ4n) is 5.12. The van der Waals surface area contributed by atoms with E-state index in [1.807, 2.05) is 6.92 Å². The first kappa shape index (κ1) is 20.1. The summed E-state index contributed by atoms with van der Waals surface area (Å²) < 4.78 is 17.3. The van der Waals surface area contributed by atoms with Crippen molar-refractivity contribution in [3.05, 3.63) is 22.8 Å². The lowest BCUT2D eigenvalue weighted by Gasteiger charge is -2.61. The second kappa shape index (κ2) is 6.45. The number of ether oxygens (including phenoxy) is 3. The molecule has 0 amide bonds. The third-order valence-electron chi connectivity index (χ3n) is 7.27. The molecule has 1 heterocycles. The van der Waals surface area contributed by atoms with Crippen molar-refractivity contribution in [2.45, 2.75) is 77.8 Å². The van der Waals surface area contributed by atoms with Crippen LogP contribution in [0.5, 0.6) is 0 Å². The van der Waals surface area contributed by atoms with Gasteiger partial charge in [0.2, 0.25) is 5.79 Å². The van der Waals surface area contributed by atoms with E-state index in [0.29, 0.717) is 23.1 Å². The van der Waals surface area contributed by atoms with E-state index in [9.17, 15) is 14.7 Å². The van der Waals surface area contributed by atoms with E-state index >= 15 is 0 Å². The quantitative estimate of drug-likeness (QED) is 0.600. The lowest BCUT2D eigenvalue weighted by atomic mass is 9.49. The smallest absolute Gasteiger partial charge is 0.336 e. The highest BCUT2D eigenvalue weighted by atomic mass is 16.7. The molecule has 2 aliphatic carbocycles. The minimum absolute atomic E-state index is 0.0887. The lowest BCUT2D eigenvalue weighted by Crippen LogP contribution is -2.68. The summed E-state index contributed by atoms with van der Waals surface area (Å²) in [5.41, 5.74) is -0.518. The Morgan fingerprint density at radius 3 is 2.67 bits per heavy atom. The van der Waals surface area contributed by atoms with Gasteiger partial charge in [0.1, 0.15) is 6.10 Å². The molecule has 0 aromatic carbocycles. The standard InChI is InChI=1S/C21H30O6/c1-7-12(2)17(22)26-16-15-14(4)18(23)27-21(15,25-6)11-20(24)10-8-9-13(3)19(16,20)5/h7,13,16,24H,8-11H2,1-6H3/b12-7-/t13-,16+,19-,20-,21+/m0/s1. The van der Waals surface area contributed by atoms with Crippen molar-refractivity contribution in [3.8, 4) is 0 Å². The van der Waals surface area contributed by atoms with Crippen LogP contribution in [0.3, 0.4) is 0 Å². The third-order valence-corrected chi connectivity index (χ3v) is 7.27. The van der Waals surface area contributed by atoms with E-state index in [2.05, 4.69) is 6.92 Å². The Morgan fingerprint density at radius 2 is 2.07 bits per heavy atom. The maximum absolute atomic E-state index is 12.7. The number of hydrogen-bond acceptors (Lipinski definition) is 6. The van der Waals surface area contributed by atoms with E-state index in [1.54, 1.807) is 26.8 Å². The number of rotatable bonds is 3. The van der Waals surface area contributed by atoms with Crippen molar-refractivity contribution in [2.75, 3.05) is 7.11 Å². The Balaban J connectivity index is 2.21. The van der Waals surface area contributed by atoms with Gasteiger partial charge >= 0.3 is 11.9 Å². The van der Waals surface area contributed by atoms with Crippen LogP contribution in [0.4, 0.5) is 0 Å². The van der Waals surface area contributed by atoms with Gasteiger partial charge in [-0.1, -0.05) is 26.3 Å². The zero-order chi connectivity index (χ0) is 20.2. The molecule has 0 bridgehead atoms. The summed E-state index contributed by atoms with van der Waals surface area (Å²) in [5, 5.41) is 11.7. The van der Waals surface area contributed by atoms with Crippen molar-refractivity contribution in [3.63, 3.8) is 0 Å². The number of carbonyl (C=O) groups is 2. The molecule has 150 valence electrons. The molecule has 2 fully saturated rings. The summed E-state index contributed by atoms with van der Waals surface area (Å²) >= 11 is 0. The Kier molecular flexibility index (Phi) is 4.80. The molecule has 0 aromatic rings. The molecule has 0 unspecified atom stereocenters. The van der Waals surface area contributed by atoms with Gasteiger partial charge in [-0.25, -0.2) is 9.59 Å². The molecular weight excluding hydrogens is 348 g/mol. The molecule has 6 heteroatoms. The van der Waals surface area contributed by atoms with Gasteiger partial charge in [0, 0.05) is 30.1 Å². The van der Waals surface area contributed by atoms with Crippen LogP contribution >= 0.6 is 0 Å². The SMILES string of the molecule is C/C=C(/C)C(=O)O[C@@H]1C2=C(C)C(=O)O[C@]2(OC)C[C@@]2(O)CCC[C@H](C)[C@@]12C. The highest BCUT2D eigenvalue weighted by Crippen LogP contribution is 2.63. The van der Waals surface area contributed by atoms with Gasteiger partial charge in [-0.05, 0) is 39.5 Å². The minimum Gasteiger partial charge on any atom is -0.453 e. The van der Waals surface area contributed by atoms with Crippen molar-refractivity contribution in [1.29, 1.82) is 0 Å². The van der Waals surface area contributed by atoms with Crippen LogP contribution in [0, 0.1) is 11.3 Å². The van der Waals surface area contributed by atoms with Gasteiger partial charge in [-0.15, -0.1) is 0 Å². The zero-order valence-electron chi connectivity index (χ0n) is 17.0. The fraction of sp³-hybridized carbons (Fsp3) is 0.714. The molecule has 0 saturated heterocycles. The largest absolute Gasteiger partial charge is 0.453 e. The molecule has 2 saturated carbocycles. The molecule has 0 aromatic heterocycles. The van der Waals surface area contributed by atoms with Gasteiger partial charge in [-0.3, -0.25) is 0 Å². The summed E-state index contributed by atoms with van der Waals surface area (Å²) in [5.74, 6) is -2.25. The van der Waals surface area contributed by atoms with Crippen LogP contribution in [-0.4, -0.2) is 41.6 Å². The first-order valence-corrected chi connectivity index (χ1v) is 9.62. The van der Waals surface area contributed by atoms with E-state index < -0.39 is 34.8 Å². The lowest BCUT2D eigenvalue weighted by molar-refractivity contribution is -0.281. The first-order chi connectivity index (χ1) is 12.6. The first-order valence-electron chi connectivity index (χ1n) is 9.62. The van der Waals surface area contributed by atoms with E-state index in [-0.39, 0.29) is 12.3 Å². The van der Waals surface area contributed by atoms with Crippen molar-refractivity contribution in [1.82, 2.24) is 0 Å². The summed E-state index contributed by atoms with van der Waals surface area (Å²) in [7, 11) is 1.46. The highest BCUT2D eigenvalue weighted by Gasteiger charge is 2.71. The zero-order valence-corrected chi connectivity index (χ0v) is 17.0. The molecular formula is C21H30O6. The number of aliphatic hydroxyl groups is 1. The molecule has 3 rings (SSSR count). The molecule has 6 nitrogen and oxygen atoms in total. The molecule has 3 aliphatic rings. The maximum atomic E-state index is 12.7. The molecule has 1 N–H and O–H groups in total. The average Bonchev–Trinajstić information content (AvgIpc) is 2.87. The summed E-state index contributed by atoms with van der Waals surface area (Å²) in [6, 6.07) is 0. The normalized spacial score (nSPS) is 41.7. The Bertz CT molecular complexity index is 737. The molecule has 0 spiro atoms. The van der Waals surface area contributed by atoms with Crippen LogP contribution in [0.1, 0.15) is 60.3 Å². The van der Waals surface area contributed by atoms with Gasteiger partial charge in [0.15, 0.2) is 0 Å². The predicted octanol–water partition coefficient (Wildman–Crippen LogP) is 3.04. The second-order valence-electron chi connectivity index (χ2n) is 8.43. The number of methoxy groups -OCH3 is 1. The van der Waals surface area contributed by atoms with Crippen molar-refractivity contribution >= 4 is 11.9 Å². The third kappa shape index (κ3) is 2.60. The van der Waals surface area contributed by atoms with Gasteiger partial charge in [0.05, 0.1) is 11.2 Å². The van der Waals surface area contributed by atoms with Crippen molar-refractivity contribution < 1.29 is 28.9 Å². The number of carbonyl (C=O) groups excluding carboxylic acids is 2. The molecule has 1 aliphatic heterocycles. The number of esters is 2. The average molecular weight is 378 g/mol. The van der Waals surface area contributed by atoms with E-state index in [0.717, 1.165) is 12.8 Å². The van der Waals surface area contributed by atoms with Crippen molar-refractivity contribution in [2.24, 2.45) is 11.3 Å². The van der Waals surface area contributed by atoms with Gasteiger partial charge in [0.25, 0.3) is 0 Å². The second-order valence-corrected chi connectivity index (χ2v) is 8.43. The Morgan fingerprint density at radius 1 is 1.41 bits per heavy atom. The minimum atomic E-state index is -1.39. The Hall–Kier alpha value is -1.66. The van der Waals surface area contributed by atoms with E-state index in [4.69, 9.17) is 14.2 Å². The monoisotopic (exact) mass is 378 g/mol. The topological polar surface area (TPSA) is 82.1 Å². The summed E-state index contributed by atoms with van der Waals surface area (Å²) in [6.07, 6.45) is 3.33. The van der Waals surface area contributed by atoms with E-state index in [1.165, 1.54) is 7.11 Å². The maximum Gasteiger partial charge on any atom is 0.336 e. The van der Waals surface area contributed by atoms with Crippen LogP contribution in [0.2, 0.25) is 0 Å². The molecule has 0 radical (unpaired) electrons. The summed E-state index contributed by atoms with van der Waals surface area (Å²) in [4.78, 5) is 25.1. The van der Waals surface area contributed by atoms with Crippen LogP contribution in [0.25, 0.3) is 0 Å². The number of fused-ring (bicyclic) bond motifs is 2. The number of hydrogen-bond donors (Lipinski definition) is 1. The predicted molar refractivity (Wildman–Crippen MR) is 98.5 cm³/mol. The van der Waals surface area contributed by atoms with Crippen LogP contribution in [0.15, 0.2) is 22.8 Å². The highest BCUT2D eigenvalue weighted by molar-refractivity contribution is 5.93.